The molecule has 0 aliphatic heterocycles. The Morgan fingerprint density at radius 2 is 1.84 bits per heavy atom. The van der Waals surface area contributed by atoms with Gasteiger partial charge in [-0.05, 0) is 43.7 Å². The Morgan fingerprint density at radius 1 is 1.19 bits per heavy atom. The minimum Gasteiger partial charge on any atom is -0.465 e. The van der Waals surface area contributed by atoms with Gasteiger partial charge in [-0.25, -0.2) is 18.5 Å². The maximum absolute atomic E-state index is 14.8. The monoisotopic (exact) mass is 425 g/mol. The van der Waals surface area contributed by atoms with Crippen LogP contribution >= 0.6 is 0 Å². The predicted molar refractivity (Wildman–Crippen MR) is 107 cm³/mol. The fourth-order valence-electron chi connectivity index (χ4n) is 2.79. The van der Waals surface area contributed by atoms with Crippen LogP contribution in [0.3, 0.4) is 0 Å². The molecule has 0 radical (unpaired) electrons. The molecule has 0 heterocycles. The van der Waals surface area contributed by atoms with Gasteiger partial charge in [-0.1, -0.05) is 18.2 Å². The number of nitrogens with zero attached hydrogens (tertiary/aromatic N) is 4. The Kier molecular flexibility index (Phi) is 7.01. The molecule has 0 bridgehead atoms. The second-order valence-corrected chi connectivity index (χ2v) is 6.45. The van der Waals surface area contributed by atoms with Gasteiger partial charge in [0.25, 0.3) is 5.91 Å². The first-order valence-corrected chi connectivity index (χ1v) is 8.93. The summed E-state index contributed by atoms with van der Waals surface area (Å²) in [5, 5.41) is 31.3. The van der Waals surface area contributed by atoms with Gasteiger partial charge in [0.1, 0.15) is 23.1 Å². The van der Waals surface area contributed by atoms with E-state index in [-0.39, 0.29) is 17.8 Å². The van der Waals surface area contributed by atoms with Crippen LogP contribution in [0.4, 0.5) is 19.3 Å². The zero-order valence-corrected chi connectivity index (χ0v) is 16.6. The minimum atomic E-state index is -1.54. The summed E-state index contributed by atoms with van der Waals surface area (Å²) in [6.45, 7) is 2.71. The van der Waals surface area contributed by atoms with E-state index < -0.39 is 34.8 Å². The summed E-state index contributed by atoms with van der Waals surface area (Å²) in [6, 6.07) is 12.3. The smallest absolute Gasteiger partial charge is 0.414 e. The van der Waals surface area contributed by atoms with Crippen LogP contribution in [0.5, 0.6) is 0 Å². The topological polar surface area (TPSA) is 130 Å². The molecule has 0 aromatic heterocycles. The van der Waals surface area contributed by atoms with Gasteiger partial charge >= 0.3 is 6.09 Å². The van der Waals surface area contributed by atoms with Gasteiger partial charge in [0, 0.05) is 12.1 Å². The van der Waals surface area contributed by atoms with Crippen LogP contribution in [-0.4, -0.2) is 34.3 Å². The highest BCUT2D eigenvalue weighted by molar-refractivity contribution is 6.46. The van der Waals surface area contributed by atoms with Gasteiger partial charge in [-0.3, -0.25) is 10.2 Å². The number of carboxylic acid groups (broad SMARTS) is 1. The van der Waals surface area contributed by atoms with Crippen molar-refractivity contribution in [2.45, 2.75) is 19.3 Å². The Balaban J connectivity index is 2.34. The standard InChI is InChI=1S/C21H17F2N5O3/c1-3-28(20(30)31)19(29)18(11-24)27-26-15-8-9-16(17(23)10-15)21(2,12-25)13-4-6-14(22)7-5-13/h4-10,26H,3H2,1-2H3,(H,30,31). The van der Waals surface area contributed by atoms with Crippen molar-refractivity contribution in [3.63, 3.8) is 0 Å². The van der Waals surface area contributed by atoms with Crippen molar-refractivity contribution in [3.05, 3.63) is 65.2 Å². The third-order valence-corrected chi connectivity index (χ3v) is 4.55. The summed E-state index contributed by atoms with van der Waals surface area (Å²) in [7, 11) is 0. The van der Waals surface area contributed by atoms with E-state index in [1.54, 1.807) is 0 Å². The number of amides is 2. The molecular weight excluding hydrogens is 408 g/mol. The fraction of sp³-hybridized carbons (Fsp3) is 0.190. The van der Waals surface area contributed by atoms with E-state index in [4.69, 9.17) is 10.4 Å². The van der Waals surface area contributed by atoms with E-state index in [0.717, 1.165) is 6.07 Å². The maximum atomic E-state index is 14.8. The first-order valence-electron chi connectivity index (χ1n) is 8.93. The second-order valence-electron chi connectivity index (χ2n) is 6.45. The molecule has 0 saturated carbocycles. The zero-order valence-electron chi connectivity index (χ0n) is 16.6. The van der Waals surface area contributed by atoms with E-state index in [0.29, 0.717) is 10.5 Å². The number of hydrazone groups is 1. The third kappa shape index (κ3) is 4.82. The number of hydrogen-bond acceptors (Lipinski definition) is 6. The SMILES string of the molecule is CCN(C(=O)O)C(=O)C(C#N)=NNc1ccc(C(C)(C#N)c2ccc(F)cc2)c(F)c1. The molecular formula is C21H17F2N5O3. The first kappa shape index (κ1) is 23.0. The van der Waals surface area contributed by atoms with Crippen LogP contribution in [0.2, 0.25) is 0 Å². The fourth-order valence-corrected chi connectivity index (χ4v) is 2.79. The van der Waals surface area contributed by atoms with Crippen LogP contribution in [0, 0.1) is 34.3 Å². The van der Waals surface area contributed by atoms with Crippen molar-refractivity contribution in [1.29, 1.82) is 10.5 Å². The lowest BCUT2D eigenvalue weighted by Gasteiger charge is -2.23. The molecule has 0 aliphatic rings. The predicted octanol–water partition coefficient (Wildman–Crippen LogP) is 3.61. The number of benzene rings is 2. The normalized spacial score (nSPS) is 12.8. The van der Waals surface area contributed by atoms with E-state index in [1.165, 1.54) is 56.3 Å². The van der Waals surface area contributed by atoms with Crippen LogP contribution in [0.1, 0.15) is 25.0 Å². The highest BCUT2D eigenvalue weighted by Gasteiger charge is 2.32. The van der Waals surface area contributed by atoms with Gasteiger partial charge in [0.15, 0.2) is 0 Å². The van der Waals surface area contributed by atoms with Gasteiger partial charge < -0.3 is 5.11 Å². The molecule has 10 heteroatoms. The van der Waals surface area contributed by atoms with Gasteiger partial charge in [0.05, 0.1) is 11.8 Å². The number of imide groups is 1. The summed E-state index contributed by atoms with van der Waals surface area (Å²) >= 11 is 0. The number of carbonyl (C=O) groups excluding carboxylic acids is 1. The quantitative estimate of drug-likeness (QED) is 0.537. The zero-order chi connectivity index (χ0) is 23.2. The van der Waals surface area contributed by atoms with Gasteiger partial charge in [-0.15, -0.1) is 0 Å². The molecule has 2 amide bonds. The van der Waals surface area contributed by atoms with Crippen molar-refractivity contribution in [3.8, 4) is 12.1 Å². The number of hydrogen-bond donors (Lipinski definition) is 2. The Labute approximate surface area is 176 Å². The lowest BCUT2D eigenvalue weighted by atomic mass is 9.77. The summed E-state index contributed by atoms with van der Waals surface area (Å²) < 4.78 is 28.0. The average Bonchev–Trinajstić information content (AvgIpc) is 2.74. The largest absolute Gasteiger partial charge is 0.465 e. The van der Waals surface area contributed by atoms with Crippen LogP contribution in [0.25, 0.3) is 0 Å². The Bertz CT molecular complexity index is 1120. The maximum Gasteiger partial charge on any atom is 0.414 e. The molecule has 0 aliphatic carbocycles. The van der Waals surface area contributed by atoms with Crippen molar-refractivity contribution in [1.82, 2.24) is 4.90 Å². The highest BCUT2D eigenvalue weighted by Crippen LogP contribution is 2.34. The van der Waals surface area contributed by atoms with E-state index in [9.17, 15) is 23.6 Å². The molecule has 1 atom stereocenters. The molecule has 0 fully saturated rings. The minimum absolute atomic E-state index is 0.0238. The van der Waals surface area contributed by atoms with E-state index >= 15 is 0 Å². The molecule has 31 heavy (non-hydrogen) atoms. The van der Waals surface area contributed by atoms with Gasteiger partial charge in [-0.2, -0.15) is 15.6 Å². The molecule has 2 aromatic rings. The van der Waals surface area contributed by atoms with Crippen molar-refractivity contribution < 1.29 is 23.5 Å². The van der Waals surface area contributed by atoms with Crippen LogP contribution in [-0.2, 0) is 10.2 Å². The number of anilines is 1. The first-order chi connectivity index (χ1) is 14.7. The summed E-state index contributed by atoms with van der Waals surface area (Å²) in [4.78, 5) is 23.5. The lowest BCUT2D eigenvalue weighted by molar-refractivity contribution is -0.121. The molecule has 8 nitrogen and oxygen atoms in total. The molecule has 2 N–H and O–H groups in total. The molecule has 158 valence electrons. The van der Waals surface area contributed by atoms with Gasteiger partial charge in [0.2, 0.25) is 5.71 Å². The number of rotatable bonds is 6. The Hall–Kier alpha value is -4.31. The highest BCUT2D eigenvalue weighted by atomic mass is 19.1. The Morgan fingerprint density at radius 3 is 2.32 bits per heavy atom. The molecule has 2 rings (SSSR count). The van der Waals surface area contributed by atoms with Crippen LogP contribution < -0.4 is 5.43 Å². The molecule has 0 saturated heterocycles. The molecule has 0 spiro atoms. The number of carbonyl (C=O) groups is 2. The summed E-state index contributed by atoms with van der Waals surface area (Å²) in [5.74, 6) is -2.40. The van der Waals surface area contributed by atoms with Crippen molar-refractivity contribution in [2.24, 2.45) is 5.10 Å². The van der Waals surface area contributed by atoms with Crippen molar-refractivity contribution in [2.75, 3.05) is 12.0 Å². The molecule has 1 unspecified atom stereocenters. The van der Waals surface area contributed by atoms with E-state index in [1.807, 2.05) is 6.07 Å². The third-order valence-electron chi connectivity index (χ3n) is 4.55. The number of halogens is 2. The van der Waals surface area contributed by atoms with Crippen LogP contribution in [0.15, 0.2) is 47.6 Å². The summed E-state index contributed by atoms with van der Waals surface area (Å²) in [5.41, 5.74) is 0.659. The molecule has 2 aromatic carbocycles. The lowest BCUT2D eigenvalue weighted by Crippen LogP contribution is -2.40. The second kappa shape index (κ2) is 9.46. The summed E-state index contributed by atoms with van der Waals surface area (Å²) in [6.07, 6.45) is -1.54. The van der Waals surface area contributed by atoms with Crippen molar-refractivity contribution >= 4 is 23.4 Å². The average molecular weight is 425 g/mol. The van der Waals surface area contributed by atoms with E-state index in [2.05, 4.69) is 10.5 Å². The number of nitrogens with one attached hydrogen (secondary N) is 1. The number of nitriles is 2.